The molecule has 0 saturated carbocycles. The molecule has 0 radical (unpaired) electrons. The zero-order valence-electron chi connectivity index (χ0n) is 12.1. The van der Waals surface area contributed by atoms with E-state index in [1.807, 2.05) is 5.55 Å². The number of amides is 1. The summed E-state index contributed by atoms with van der Waals surface area (Å²) >= 11 is 1.60. The van der Waals surface area contributed by atoms with Gasteiger partial charge < -0.3 is 10.2 Å². The molecule has 3 heterocycles. The molecule has 8 heteroatoms. The fourth-order valence-electron chi connectivity index (χ4n) is 3.41. The van der Waals surface area contributed by atoms with Crippen molar-refractivity contribution in [3.05, 3.63) is 0 Å². The lowest BCUT2D eigenvalue weighted by Gasteiger charge is -2.28. The second-order valence-corrected chi connectivity index (χ2v) is 9.32. The number of carbonyl (C=O) groups excluding carboxylic acids is 1. The maximum absolute atomic E-state index is 12.7. The number of nitrogens with zero attached hydrogens (tertiary/aromatic N) is 2. The first kappa shape index (κ1) is 15.3. The van der Waals surface area contributed by atoms with Gasteiger partial charge in [-0.05, 0) is 26.3 Å². The van der Waals surface area contributed by atoms with Gasteiger partial charge in [0.15, 0.2) is 9.84 Å². The van der Waals surface area contributed by atoms with Crippen LogP contribution in [0.1, 0.15) is 19.3 Å². The van der Waals surface area contributed by atoms with Crippen molar-refractivity contribution in [2.45, 2.75) is 41.8 Å². The molecule has 2 saturated heterocycles. The summed E-state index contributed by atoms with van der Waals surface area (Å²) in [5.74, 6) is 0.283. The van der Waals surface area contributed by atoms with Gasteiger partial charge in [-0.1, -0.05) is 0 Å². The molecular formula is C13H21N3O3S2. The molecule has 0 aromatic heterocycles. The van der Waals surface area contributed by atoms with E-state index in [2.05, 4.69) is 10.3 Å². The third-order valence-electron chi connectivity index (χ3n) is 4.65. The molecule has 0 spiro atoms. The summed E-state index contributed by atoms with van der Waals surface area (Å²) in [7, 11) is -1.23. The van der Waals surface area contributed by atoms with E-state index in [1.165, 1.54) is 0 Å². The largest absolute Gasteiger partial charge is 0.340 e. The molecule has 6 nitrogen and oxygen atoms in total. The van der Waals surface area contributed by atoms with E-state index in [1.54, 1.807) is 23.7 Å². The molecule has 118 valence electrons. The normalized spacial score (nSPS) is 38.5. The first-order chi connectivity index (χ1) is 10.0. The van der Waals surface area contributed by atoms with Gasteiger partial charge in [-0.2, -0.15) is 0 Å². The fraction of sp³-hybridized carbons (Fsp3) is 0.846. The van der Waals surface area contributed by atoms with Crippen LogP contribution in [0.15, 0.2) is 4.99 Å². The molecule has 3 aliphatic rings. The minimum absolute atomic E-state index is 0.0186. The van der Waals surface area contributed by atoms with Crippen LogP contribution in [0.5, 0.6) is 0 Å². The van der Waals surface area contributed by atoms with E-state index in [0.717, 1.165) is 12.8 Å². The van der Waals surface area contributed by atoms with Crippen molar-refractivity contribution in [1.82, 2.24) is 10.2 Å². The van der Waals surface area contributed by atoms with Crippen molar-refractivity contribution < 1.29 is 13.2 Å². The van der Waals surface area contributed by atoms with Gasteiger partial charge in [-0.3, -0.25) is 9.79 Å². The van der Waals surface area contributed by atoms with Gasteiger partial charge in [-0.15, -0.1) is 11.8 Å². The molecule has 1 amide bonds. The molecule has 3 rings (SSSR count). The summed E-state index contributed by atoms with van der Waals surface area (Å²) in [5, 5.41) is 2.85. The van der Waals surface area contributed by atoms with Gasteiger partial charge in [0.05, 0.1) is 27.8 Å². The minimum Gasteiger partial charge on any atom is -0.340 e. The first-order valence-electron chi connectivity index (χ1n) is 7.37. The number of hydrogen-bond acceptors (Lipinski definition) is 6. The third kappa shape index (κ3) is 2.85. The zero-order chi connectivity index (χ0) is 15.0. The van der Waals surface area contributed by atoms with Crippen molar-refractivity contribution in [2.24, 2.45) is 4.99 Å². The van der Waals surface area contributed by atoms with Crippen LogP contribution >= 0.6 is 11.8 Å². The summed E-state index contributed by atoms with van der Waals surface area (Å²) in [4.78, 5) is 18.9. The number of aliphatic imine (C=N–C) groups is 1. The Morgan fingerprint density at radius 3 is 2.95 bits per heavy atom. The van der Waals surface area contributed by atoms with Crippen LogP contribution in [-0.2, 0) is 14.6 Å². The lowest BCUT2D eigenvalue weighted by Crippen LogP contribution is -2.51. The lowest BCUT2D eigenvalue weighted by atomic mass is 10.1. The molecule has 2 fully saturated rings. The number of rotatable bonds is 3. The van der Waals surface area contributed by atoms with E-state index in [0.29, 0.717) is 19.5 Å². The third-order valence-corrected chi connectivity index (χ3v) is 8.05. The molecule has 0 aromatic carbocycles. The van der Waals surface area contributed by atoms with Gasteiger partial charge >= 0.3 is 0 Å². The quantitative estimate of drug-likeness (QED) is 0.781. The van der Waals surface area contributed by atoms with E-state index < -0.39 is 9.84 Å². The number of fused-ring (bicyclic) bond motifs is 1. The average Bonchev–Trinajstić information content (AvgIpc) is 2.99. The Kier molecular flexibility index (Phi) is 4.29. The zero-order valence-corrected chi connectivity index (χ0v) is 13.7. The van der Waals surface area contributed by atoms with Crippen molar-refractivity contribution >= 4 is 33.1 Å². The Bertz CT molecular complexity index is 549. The van der Waals surface area contributed by atoms with Gasteiger partial charge in [0.2, 0.25) is 5.91 Å². The number of likely N-dealkylation sites (N-methyl/N-ethyl adjacent to an activating group) is 1. The number of likely N-dealkylation sites (tertiary alicyclic amines) is 1. The highest BCUT2D eigenvalue weighted by molar-refractivity contribution is 8.13. The molecular weight excluding hydrogens is 310 g/mol. The number of hydrogen-bond donors (Lipinski definition) is 1. The molecule has 1 N–H and O–H groups in total. The van der Waals surface area contributed by atoms with Gasteiger partial charge in [-0.25, -0.2) is 8.42 Å². The lowest BCUT2D eigenvalue weighted by molar-refractivity contribution is -0.132. The van der Waals surface area contributed by atoms with Crippen LogP contribution in [-0.4, -0.2) is 73.2 Å². The van der Waals surface area contributed by atoms with Crippen LogP contribution in [0.25, 0.3) is 0 Å². The fourth-order valence-corrected chi connectivity index (χ4v) is 6.41. The smallest absolute Gasteiger partial charge is 0.240 e. The first-order valence-corrected chi connectivity index (χ1v) is 10.0. The predicted octanol–water partition coefficient (Wildman–Crippen LogP) is -0.104. The van der Waals surface area contributed by atoms with Crippen LogP contribution in [0, 0.1) is 0 Å². The van der Waals surface area contributed by atoms with Crippen LogP contribution in [0.3, 0.4) is 0 Å². The van der Waals surface area contributed by atoms with Crippen molar-refractivity contribution in [2.75, 3.05) is 25.9 Å². The highest BCUT2D eigenvalue weighted by Crippen LogP contribution is 2.31. The number of thioether (sulfide) groups is 1. The molecule has 4 atom stereocenters. The van der Waals surface area contributed by atoms with Crippen LogP contribution in [0.4, 0.5) is 0 Å². The van der Waals surface area contributed by atoms with Gasteiger partial charge in [0, 0.05) is 13.1 Å². The monoisotopic (exact) mass is 331 g/mol. The van der Waals surface area contributed by atoms with E-state index in [9.17, 15) is 13.2 Å². The van der Waals surface area contributed by atoms with Crippen molar-refractivity contribution in [1.29, 1.82) is 0 Å². The highest BCUT2D eigenvalue weighted by Gasteiger charge is 2.43. The van der Waals surface area contributed by atoms with Gasteiger partial charge in [0.25, 0.3) is 0 Å². The second-order valence-electron chi connectivity index (χ2n) is 5.89. The highest BCUT2D eigenvalue weighted by atomic mass is 32.2. The van der Waals surface area contributed by atoms with Crippen molar-refractivity contribution in [3.63, 3.8) is 0 Å². The minimum atomic E-state index is -3.01. The van der Waals surface area contributed by atoms with Gasteiger partial charge in [0.1, 0.15) is 6.04 Å². The predicted molar refractivity (Wildman–Crippen MR) is 84.5 cm³/mol. The summed E-state index contributed by atoms with van der Waals surface area (Å²) in [6.07, 6.45) is 2.21. The Balaban J connectivity index is 1.76. The van der Waals surface area contributed by atoms with E-state index in [4.69, 9.17) is 0 Å². The molecule has 4 unspecified atom stereocenters. The standard InChI is InChI=1S/C13H21N3O3S2/c1-14-11-12-10(15-8-20-12)4-5-16(13(11)17)7-9-3-2-6-21(9,18)19/h8-12,14H,2-7H2,1H3. The average molecular weight is 331 g/mol. The summed E-state index contributed by atoms with van der Waals surface area (Å²) in [6, 6.07) is -0.129. The summed E-state index contributed by atoms with van der Waals surface area (Å²) < 4.78 is 24.0. The van der Waals surface area contributed by atoms with Crippen LogP contribution in [0.2, 0.25) is 0 Å². The Hall–Kier alpha value is -0.600. The molecule has 0 bridgehead atoms. The van der Waals surface area contributed by atoms with Crippen molar-refractivity contribution in [3.8, 4) is 0 Å². The number of sulfone groups is 1. The second kappa shape index (κ2) is 5.89. The maximum atomic E-state index is 12.7. The van der Waals surface area contributed by atoms with E-state index >= 15 is 0 Å². The Morgan fingerprint density at radius 1 is 1.48 bits per heavy atom. The summed E-state index contributed by atoms with van der Waals surface area (Å²) in [6.45, 7) is 0.940. The van der Waals surface area contributed by atoms with E-state index in [-0.39, 0.29) is 34.2 Å². The SMILES string of the molecule is CNC1C(=O)N(CC2CCCS2(=O)=O)CCC2N=CSC21. The maximum Gasteiger partial charge on any atom is 0.240 e. The molecule has 0 aliphatic carbocycles. The Morgan fingerprint density at radius 2 is 2.29 bits per heavy atom. The van der Waals surface area contributed by atoms with Crippen LogP contribution < -0.4 is 5.32 Å². The summed E-state index contributed by atoms with van der Waals surface area (Å²) in [5.41, 5.74) is 1.84. The Labute approximate surface area is 129 Å². The molecule has 0 aromatic rings. The molecule has 3 aliphatic heterocycles. The number of nitrogens with one attached hydrogen (secondary N) is 1. The number of carbonyl (C=O) groups is 1. The topological polar surface area (TPSA) is 78.8 Å². The molecule has 21 heavy (non-hydrogen) atoms.